The van der Waals surface area contributed by atoms with Crippen LogP contribution in [0.1, 0.15) is 34.9 Å². The van der Waals surface area contributed by atoms with E-state index in [4.69, 9.17) is 4.74 Å². The summed E-state index contributed by atoms with van der Waals surface area (Å²) in [5, 5.41) is 9.52. The molecule has 2 atom stereocenters. The van der Waals surface area contributed by atoms with Gasteiger partial charge in [-0.3, -0.25) is 4.98 Å². The number of ether oxygens (including phenoxy) is 1. The molecule has 2 aliphatic rings. The second kappa shape index (κ2) is 7.99. The molecule has 0 amide bonds. The lowest BCUT2D eigenvalue weighted by Crippen LogP contribution is -2.48. The number of hydrogen-bond acceptors (Lipinski definition) is 5. The smallest absolute Gasteiger partial charge is 0.337 e. The van der Waals surface area contributed by atoms with Crippen molar-refractivity contribution in [3.8, 4) is 11.3 Å². The van der Waals surface area contributed by atoms with Crippen molar-refractivity contribution in [2.24, 2.45) is 5.92 Å². The molecule has 0 radical (unpaired) electrons. The van der Waals surface area contributed by atoms with E-state index in [9.17, 15) is 9.90 Å². The number of pyridine rings is 3. The SMILES string of the molecule is C[N+]1(C(c2ncccc2F)C2CCOCC2)c2cc(Br)cnc2-c2cc(C(=O)O)cnc21. The summed E-state index contributed by atoms with van der Waals surface area (Å²) in [5.74, 6) is -0.714. The first kappa shape index (κ1) is 21.1. The summed E-state index contributed by atoms with van der Waals surface area (Å²) in [5.41, 5.74) is 2.56. The minimum Gasteiger partial charge on any atom is -0.478 e. The molecule has 1 N–H and O–H groups in total. The predicted molar refractivity (Wildman–Crippen MR) is 120 cm³/mol. The van der Waals surface area contributed by atoms with Crippen molar-refractivity contribution in [2.75, 3.05) is 20.3 Å². The fourth-order valence-corrected chi connectivity index (χ4v) is 5.36. The molecule has 0 aliphatic carbocycles. The Labute approximate surface area is 192 Å². The Balaban J connectivity index is 1.80. The molecular weight excluding hydrogens is 479 g/mol. The van der Waals surface area contributed by atoms with Gasteiger partial charge in [0.25, 0.3) is 0 Å². The molecular formula is C23H21BrFN4O3+. The molecule has 5 heterocycles. The van der Waals surface area contributed by atoms with Crippen LogP contribution in [0.2, 0.25) is 0 Å². The van der Waals surface area contributed by atoms with Gasteiger partial charge in [-0.1, -0.05) is 0 Å². The van der Waals surface area contributed by atoms with Gasteiger partial charge in [0.05, 0.1) is 18.2 Å². The molecule has 3 aromatic heterocycles. The van der Waals surface area contributed by atoms with Gasteiger partial charge in [0.15, 0.2) is 11.5 Å². The highest BCUT2D eigenvalue weighted by Crippen LogP contribution is 2.57. The van der Waals surface area contributed by atoms with Crippen LogP contribution in [0.3, 0.4) is 0 Å². The predicted octanol–water partition coefficient (Wildman–Crippen LogP) is 4.89. The van der Waals surface area contributed by atoms with Crippen LogP contribution >= 0.6 is 15.9 Å². The number of halogens is 2. The van der Waals surface area contributed by atoms with Crippen LogP contribution in [-0.2, 0) is 4.74 Å². The molecule has 2 aliphatic heterocycles. The van der Waals surface area contributed by atoms with Gasteiger partial charge in [-0.2, -0.15) is 0 Å². The number of aromatic carboxylic acids is 1. The summed E-state index contributed by atoms with van der Waals surface area (Å²) in [7, 11) is 1.99. The van der Waals surface area contributed by atoms with Gasteiger partial charge in [0.1, 0.15) is 17.4 Å². The molecule has 0 spiro atoms. The monoisotopic (exact) mass is 499 g/mol. The zero-order valence-electron chi connectivity index (χ0n) is 17.3. The summed E-state index contributed by atoms with van der Waals surface area (Å²) in [6, 6.07) is 6.18. The van der Waals surface area contributed by atoms with Crippen LogP contribution in [0, 0.1) is 11.7 Å². The molecule has 7 nitrogen and oxygen atoms in total. The van der Waals surface area contributed by atoms with Crippen molar-refractivity contribution in [3.63, 3.8) is 0 Å². The Morgan fingerprint density at radius 3 is 2.75 bits per heavy atom. The van der Waals surface area contributed by atoms with E-state index < -0.39 is 5.97 Å². The second-order valence-corrected chi connectivity index (χ2v) is 9.18. The van der Waals surface area contributed by atoms with Crippen molar-refractivity contribution >= 4 is 33.4 Å². The highest BCUT2D eigenvalue weighted by atomic mass is 79.9. The summed E-state index contributed by atoms with van der Waals surface area (Å²) >= 11 is 3.52. The third-order valence-corrected chi connectivity index (χ3v) is 6.91. The number of carbonyl (C=O) groups is 1. The number of carboxylic acids is 1. The maximum atomic E-state index is 15.2. The molecule has 0 bridgehead atoms. The van der Waals surface area contributed by atoms with Gasteiger partial charge in [0, 0.05) is 48.3 Å². The zero-order chi connectivity index (χ0) is 22.5. The van der Waals surface area contributed by atoms with E-state index in [1.807, 2.05) is 13.1 Å². The van der Waals surface area contributed by atoms with Crippen LogP contribution in [0.25, 0.3) is 11.3 Å². The lowest BCUT2D eigenvalue weighted by Gasteiger charge is -2.42. The topological polar surface area (TPSA) is 85.2 Å². The molecule has 32 heavy (non-hydrogen) atoms. The molecule has 0 saturated carbocycles. The number of nitrogens with zero attached hydrogens (tertiary/aromatic N) is 4. The van der Waals surface area contributed by atoms with Crippen LogP contribution < -0.4 is 4.48 Å². The number of rotatable bonds is 4. The first-order chi connectivity index (χ1) is 15.4. The highest BCUT2D eigenvalue weighted by Gasteiger charge is 2.53. The number of hydrogen-bond donors (Lipinski definition) is 1. The van der Waals surface area contributed by atoms with E-state index in [1.165, 1.54) is 12.3 Å². The van der Waals surface area contributed by atoms with Crippen LogP contribution in [0.15, 0.2) is 47.3 Å². The summed E-state index contributed by atoms with van der Waals surface area (Å²) < 4.78 is 21.7. The average Bonchev–Trinajstić information content (AvgIpc) is 3.04. The van der Waals surface area contributed by atoms with Crippen LogP contribution in [-0.4, -0.2) is 46.3 Å². The second-order valence-electron chi connectivity index (χ2n) is 8.26. The van der Waals surface area contributed by atoms with E-state index in [2.05, 4.69) is 30.9 Å². The van der Waals surface area contributed by atoms with Crippen LogP contribution in [0.5, 0.6) is 0 Å². The quantitative estimate of drug-likeness (QED) is 0.514. The highest BCUT2D eigenvalue weighted by molar-refractivity contribution is 9.10. The van der Waals surface area contributed by atoms with Crippen molar-refractivity contribution in [3.05, 3.63) is 64.4 Å². The van der Waals surface area contributed by atoms with E-state index in [1.54, 1.807) is 24.5 Å². The molecule has 2 unspecified atom stereocenters. The molecule has 3 aromatic rings. The Bertz CT molecular complexity index is 1220. The molecule has 164 valence electrons. The van der Waals surface area contributed by atoms with Crippen molar-refractivity contribution in [2.45, 2.75) is 18.9 Å². The Kier molecular flexibility index (Phi) is 5.27. The number of fused-ring (bicyclic) bond motifs is 3. The zero-order valence-corrected chi connectivity index (χ0v) is 18.9. The molecule has 0 aromatic carbocycles. The standard InChI is InChI=1S/C23H20BrFN4O3/c1-29(21(13-4-7-32-8-5-13)20-17(25)3-2-6-26-20)18-10-15(24)12-27-19(18)16-9-14(23(30)31)11-28-22(16)29/h2-3,6,9-13,21H,4-5,7-8H2,1H3/p+1. The summed E-state index contributed by atoms with van der Waals surface area (Å²) in [6.45, 7) is 1.19. The largest absolute Gasteiger partial charge is 0.478 e. The van der Waals surface area contributed by atoms with Gasteiger partial charge >= 0.3 is 5.97 Å². The molecule has 1 fully saturated rings. The molecule has 1 saturated heterocycles. The fraction of sp³-hybridized carbons (Fsp3) is 0.304. The van der Waals surface area contributed by atoms with Gasteiger partial charge in [-0.25, -0.2) is 23.6 Å². The minimum atomic E-state index is -1.06. The third-order valence-electron chi connectivity index (χ3n) is 6.48. The average molecular weight is 500 g/mol. The lowest BCUT2D eigenvalue weighted by atomic mass is 9.86. The van der Waals surface area contributed by atoms with Crippen molar-refractivity contribution in [1.29, 1.82) is 0 Å². The van der Waals surface area contributed by atoms with E-state index in [0.29, 0.717) is 36.0 Å². The van der Waals surface area contributed by atoms with Crippen molar-refractivity contribution < 1.29 is 19.0 Å². The lowest BCUT2D eigenvalue weighted by molar-refractivity contribution is 0.0400. The van der Waals surface area contributed by atoms with Crippen LogP contribution in [0.4, 0.5) is 15.9 Å². The molecule has 9 heteroatoms. The first-order valence-corrected chi connectivity index (χ1v) is 11.1. The van der Waals surface area contributed by atoms with Gasteiger partial charge in [-0.15, -0.1) is 0 Å². The normalized spacial score (nSPS) is 21.1. The van der Waals surface area contributed by atoms with Crippen molar-refractivity contribution in [1.82, 2.24) is 19.4 Å². The Hall–Kier alpha value is -2.75. The first-order valence-electron chi connectivity index (χ1n) is 10.4. The molecule has 5 rings (SSSR count). The van der Waals surface area contributed by atoms with Gasteiger partial charge in [-0.05, 0) is 47.0 Å². The summed E-state index contributed by atoms with van der Waals surface area (Å²) in [6.07, 6.45) is 6.15. The Morgan fingerprint density at radius 2 is 2.03 bits per heavy atom. The maximum Gasteiger partial charge on any atom is 0.337 e. The van der Waals surface area contributed by atoms with E-state index >= 15 is 4.39 Å². The van der Waals surface area contributed by atoms with E-state index in [0.717, 1.165) is 23.0 Å². The Morgan fingerprint density at radius 1 is 1.25 bits per heavy atom. The van der Waals surface area contributed by atoms with E-state index in [-0.39, 0.29) is 27.8 Å². The van der Waals surface area contributed by atoms with Gasteiger partial charge in [0.2, 0.25) is 5.82 Å². The summed E-state index contributed by atoms with van der Waals surface area (Å²) in [4.78, 5) is 25.3. The third kappa shape index (κ3) is 3.23. The number of carboxylic acid groups (broad SMARTS) is 1. The number of aromatic nitrogens is 3. The minimum absolute atomic E-state index is 0.0804. The maximum absolute atomic E-state index is 15.2. The van der Waals surface area contributed by atoms with Gasteiger partial charge < -0.3 is 9.84 Å². The number of quaternary nitrogens is 1. The fourth-order valence-electron chi connectivity index (χ4n) is 5.04.